The molecule has 21 heavy (non-hydrogen) atoms. The molecule has 0 unspecified atom stereocenters. The summed E-state index contributed by atoms with van der Waals surface area (Å²) in [6.07, 6.45) is 0. The van der Waals surface area contributed by atoms with Gasteiger partial charge in [-0.25, -0.2) is 12.8 Å². The Balaban J connectivity index is 2.26. The second-order valence-electron chi connectivity index (χ2n) is 5.32. The molecule has 0 bridgehead atoms. The van der Waals surface area contributed by atoms with Crippen molar-refractivity contribution in [3.05, 3.63) is 29.6 Å². The highest BCUT2D eigenvalue weighted by Crippen LogP contribution is 2.21. The summed E-state index contributed by atoms with van der Waals surface area (Å²) in [5.74, 6) is -0.713. The van der Waals surface area contributed by atoms with Crippen molar-refractivity contribution in [3.8, 4) is 0 Å². The van der Waals surface area contributed by atoms with Crippen LogP contribution in [-0.2, 0) is 21.3 Å². The van der Waals surface area contributed by atoms with Gasteiger partial charge in [-0.2, -0.15) is 4.31 Å². The lowest BCUT2D eigenvalue weighted by Crippen LogP contribution is -2.41. The van der Waals surface area contributed by atoms with Gasteiger partial charge in [0.2, 0.25) is 10.0 Å². The number of rotatable bonds is 5. The van der Waals surface area contributed by atoms with Crippen LogP contribution in [0.2, 0.25) is 0 Å². The fourth-order valence-corrected chi connectivity index (χ4v) is 3.63. The van der Waals surface area contributed by atoms with E-state index in [1.165, 1.54) is 16.4 Å². The second kappa shape index (κ2) is 6.83. The van der Waals surface area contributed by atoms with E-state index in [0.29, 0.717) is 19.8 Å². The molecule has 0 amide bonds. The van der Waals surface area contributed by atoms with E-state index in [9.17, 15) is 12.8 Å². The fraction of sp³-hybridized carbons (Fsp3) is 0.571. The smallest absolute Gasteiger partial charge is 0.246 e. The van der Waals surface area contributed by atoms with E-state index in [1.807, 2.05) is 13.8 Å². The van der Waals surface area contributed by atoms with Crippen LogP contribution >= 0.6 is 0 Å². The number of hydrogen-bond acceptors (Lipinski definition) is 4. The lowest BCUT2D eigenvalue weighted by atomic mass is 10.2. The van der Waals surface area contributed by atoms with Gasteiger partial charge in [0, 0.05) is 25.7 Å². The number of nitrogens with one attached hydrogen (secondary N) is 1. The molecule has 2 rings (SSSR count). The molecule has 7 heteroatoms. The Morgan fingerprint density at radius 3 is 2.62 bits per heavy atom. The van der Waals surface area contributed by atoms with Gasteiger partial charge in [0.15, 0.2) is 0 Å². The lowest BCUT2D eigenvalue weighted by Gasteiger charge is -2.26. The third kappa shape index (κ3) is 4.00. The van der Waals surface area contributed by atoms with E-state index in [0.717, 1.165) is 5.56 Å². The summed E-state index contributed by atoms with van der Waals surface area (Å²) in [6.45, 7) is 5.70. The van der Waals surface area contributed by atoms with Crippen molar-refractivity contribution < 1.29 is 17.5 Å². The van der Waals surface area contributed by atoms with Crippen LogP contribution in [0.15, 0.2) is 23.1 Å². The van der Waals surface area contributed by atoms with Gasteiger partial charge in [0.05, 0.1) is 13.2 Å². The number of hydrogen-bond donors (Lipinski definition) is 1. The Kier molecular flexibility index (Phi) is 5.32. The molecule has 1 aliphatic heterocycles. The van der Waals surface area contributed by atoms with Gasteiger partial charge in [-0.05, 0) is 17.7 Å². The van der Waals surface area contributed by atoms with Crippen molar-refractivity contribution in [2.45, 2.75) is 31.3 Å². The van der Waals surface area contributed by atoms with Crippen LogP contribution in [0, 0.1) is 5.82 Å². The molecule has 0 aromatic heterocycles. The molecule has 1 heterocycles. The molecule has 0 saturated carbocycles. The Morgan fingerprint density at radius 1 is 1.33 bits per heavy atom. The molecule has 1 aliphatic rings. The van der Waals surface area contributed by atoms with Gasteiger partial charge < -0.3 is 10.1 Å². The number of nitrogens with zero attached hydrogens (tertiary/aromatic N) is 1. The Labute approximate surface area is 125 Å². The predicted octanol–water partition coefficient (Wildman–Crippen LogP) is 1.34. The first-order chi connectivity index (χ1) is 9.91. The average Bonchev–Trinajstić information content (AvgIpc) is 2.47. The summed E-state index contributed by atoms with van der Waals surface area (Å²) in [6, 6.07) is 4.50. The normalized spacial score (nSPS) is 17.3. The molecule has 1 saturated heterocycles. The first kappa shape index (κ1) is 16.4. The lowest BCUT2D eigenvalue weighted by molar-refractivity contribution is 0.0729. The quantitative estimate of drug-likeness (QED) is 0.891. The van der Waals surface area contributed by atoms with Crippen molar-refractivity contribution in [1.29, 1.82) is 0 Å². The summed E-state index contributed by atoms with van der Waals surface area (Å²) in [5.41, 5.74) is 0.747. The Hall–Kier alpha value is -1.02. The number of halogens is 1. The van der Waals surface area contributed by atoms with Crippen molar-refractivity contribution in [1.82, 2.24) is 9.62 Å². The standard InChI is InChI=1S/C14H21FN2O3S/c1-11(2)16-10-12-3-4-13(15)14(9-12)21(18,19)17-5-7-20-8-6-17/h3-4,9,11,16H,5-8,10H2,1-2H3. The molecule has 5 nitrogen and oxygen atoms in total. The highest BCUT2D eigenvalue weighted by atomic mass is 32.2. The average molecular weight is 316 g/mol. The topological polar surface area (TPSA) is 58.6 Å². The molecule has 1 N–H and O–H groups in total. The summed E-state index contributed by atoms with van der Waals surface area (Å²) in [5, 5.41) is 3.19. The number of sulfonamides is 1. The maximum Gasteiger partial charge on any atom is 0.246 e. The minimum absolute atomic E-state index is 0.257. The van der Waals surface area contributed by atoms with Crippen molar-refractivity contribution >= 4 is 10.0 Å². The monoisotopic (exact) mass is 316 g/mol. The highest BCUT2D eigenvalue weighted by molar-refractivity contribution is 7.89. The zero-order valence-electron chi connectivity index (χ0n) is 12.3. The first-order valence-electron chi connectivity index (χ1n) is 7.01. The van der Waals surface area contributed by atoms with E-state index in [2.05, 4.69) is 5.32 Å². The molecule has 0 radical (unpaired) electrons. The molecular formula is C14H21FN2O3S. The van der Waals surface area contributed by atoms with Crippen LogP contribution in [-0.4, -0.2) is 45.1 Å². The minimum atomic E-state index is -3.80. The van der Waals surface area contributed by atoms with Crippen molar-refractivity contribution in [2.75, 3.05) is 26.3 Å². The third-order valence-corrected chi connectivity index (χ3v) is 5.21. The molecule has 0 aliphatic carbocycles. The van der Waals surface area contributed by atoms with E-state index >= 15 is 0 Å². The summed E-state index contributed by atoms with van der Waals surface area (Å²) >= 11 is 0. The maximum atomic E-state index is 14.0. The fourth-order valence-electron chi connectivity index (χ4n) is 2.10. The van der Waals surface area contributed by atoms with E-state index in [1.54, 1.807) is 6.07 Å². The first-order valence-corrected chi connectivity index (χ1v) is 8.45. The van der Waals surface area contributed by atoms with Gasteiger partial charge in [0.25, 0.3) is 0 Å². The van der Waals surface area contributed by atoms with Gasteiger partial charge >= 0.3 is 0 Å². The minimum Gasteiger partial charge on any atom is -0.379 e. The van der Waals surface area contributed by atoms with Crippen LogP contribution in [0.25, 0.3) is 0 Å². The van der Waals surface area contributed by atoms with Crippen LogP contribution in [0.4, 0.5) is 4.39 Å². The zero-order valence-corrected chi connectivity index (χ0v) is 13.1. The molecule has 1 fully saturated rings. The van der Waals surface area contributed by atoms with E-state index in [-0.39, 0.29) is 24.0 Å². The second-order valence-corrected chi connectivity index (χ2v) is 7.22. The maximum absolute atomic E-state index is 14.0. The van der Waals surface area contributed by atoms with Crippen LogP contribution < -0.4 is 5.32 Å². The van der Waals surface area contributed by atoms with Crippen molar-refractivity contribution in [2.24, 2.45) is 0 Å². The Morgan fingerprint density at radius 2 is 2.00 bits per heavy atom. The zero-order chi connectivity index (χ0) is 15.5. The SMILES string of the molecule is CC(C)NCc1ccc(F)c(S(=O)(=O)N2CCOCC2)c1. The number of ether oxygens (including phenoxy) is 1. The number of benzene rings is 1. The van der Waals surface area contributed by atoms with E-state index < -0.39 is 15.8 Å². The predicted molar refractivity (Wildman–Crippen MR) is 78.0 cm³/mol. The van der Waals surface area contributed by atoms with Gasteiger partial charge in [-0.15, -0.1) is 0 Å². The summed E-state index contributed by atoms with van der Waals surface area (Å²) in [7, 11) is -3.80. The molecule has 1 aromatic rings. The number of morpholine rings is 1. The van der Waals surface area contributed by atoms with Gasteiger partial charge in [-0.1, -0.05) is 19.9 Å². The molecule has 0 spiro atoms. The van der Waals surface area contributed by atoms with Crippen LogP contribution in [0.5, 0.6) is 0 Å². The van der Waals surface area contributed by atoms with Crippen LogP contribution in [0.1, 0.15) is 19.4 Å². The van der Waals surface area contributed by atoms with Crippen LogP contribution in [0.3, 0.4) is 0 Å². The molecule has 1 aromatic carbocycles. The van der Waals surface area contributed by atoms with E-state index in [4.69, 9.17) is 4.74 Å². The van der Waals surface area contributed by atoms with Gasteiger partial charge in [-0.3, -0.25) is 0 Å². The Bertz CT molecular complexity index is 584. The highest BCUT2D eigenvalue weighted by Gasteiger charge is 2.29. The molecular weight excluding hydrogens is 295 g/mol. The third-order valence-electron chi connectivity index (χ3n) is 3.30. The summed E-state index contributed by atoms with van der Waals surface area (Å²) < 4.78 is 45.4. The summed E-state index contributed by atoms with van der Waals surface area (Å²) in [4.78, 5) is -0.257. The van der Waals surface area contributed by atoms with Crippen molar-refractivity contribution in [3.63, 3.8) is 0 Å². The van der Waals surface area contributed by atoms with Gasteiger partial charge in [0.1, 0.15) is 10.7 Å². The largest absolute Gasteiger partial charge is 0.379 e. The molecule has 118 valence electrons. The molecule has 0 atom stereocenters.